The van der Waals surface area contributed by atoms with Gasteiger partial charge in [-0.15, -0.1) is 0 Å². The van der Waals surface area contributed by atoms with Crippen LogP contribution in [0.25, 0.3) is 0 Å². The average molecular weight is 444 g/mol. The summed E-state index contributed by atoms with van der Waals surface area (Å²) in [6, 6.07) is 4.14. The number of piperazine rings is 1. The molecule has 2 heterocycles. The zero-order valence-corrected chi connectivity index (χ0v) is 18.5. The number of hydrogen-bond donors (Lipinski definition) is 1. The smallest absolute Gasteiger partial charge is 0.329 e. The Hall–Kier alpha value is -3.34. The summed E-state index contributed by atoms with van der Waals surface area (Å²) < 4.78 is 16.4. The number of anilines is 2. The molecule has 0 unspecified atom stereocenters. The maximum absolute atomic E-state index is 11.3. The highest BCUT2D eigenvalue weighted by molar-refractivity contribution is 5.58. The largest absolute Gasteiger partial charge is 0.493 e. The minimum absolute atomic E-state index is 0.0835. The molecule has 1 aliphatic heterocycles. The number of aromatic nitrogens is 2. The van der Waals surface area contributed by atoms with E-state index in [1.54, 1.807) is 21.3 Å². The van der Waals surface area contributed by atoms with E-state index >= 15 is 0 Å². The fourth-order valence-electron chi connectivity index (χ4n) is 3.81. The molecule has 0 radical (unpaired) electrons. The van der Waals surface area contributed by atoms with Gasteiger partial charge in [0.1, 0.15) is 6.20 Å². The van der Waals surface area contributed by atoms with Crippen molar-refractivity contribution in [3.63, 3.8) is 0 Å². The van der Waals surface area contributed by atoms with E-state index in [0.717, 1.165) is 44.6 Å². The second-order valence-electron chi connectivity index (χ2n) is 7.84. The van der Waals surface area contributed by atoms with Crippen molar-refractivity contribution in [2.75, 3.05) is 57.7 Å². The molecule has 0 spiro atoms. The highest BCUT2D eigenvalue weighted by Gasteiger charge is 2.28. The molecule has 4 rings (SSSR count). The van der Waals surface area contributed by atoms with Crippen LogP contribution in [0.4, 0.5) is 17.5 Å². The van der Waals surface area contributed by atoms with Gasteiger partial charge in [-0.3, -0.25) is 15.0 Å². The van der Waals surface area contributed by atoms with Crippen LogP contribution in [0.5, 0.6) is 17.2 Å². The van der Waals surface area contributed by atoms with Crippen molar-refractivity contribution in [2.45, 2.75) is 25.4 Å². The number of ether oxygens (including phenoxy) is 3. The molecule has 32 heavy (non-hydrogen) atoms. The third kappa shape index (κ3) is 4.62. The highest BCUT2D eigenvalue weighted by atomic mass is 16.6. The molecule has 2 fully saturated rings. The van der Waals surface area contributed by atoms with E-state index in [1.165, 1.54) is 6.20 Å². The van der Waals surface area contributed by atoms with Crippen LogP contribution in [0, 0.1) is 10.1 Å². The van der Waals surface area contributed by atoms with Crippen LogP contribution in [0.2, 0.25) is 0 Å². The number of nitro groups is 1. The summed E-state index contributed by atoms with van der Waals surface area (Å²) in [4.78, 5) is 24.0. The predicted octanol–water partition coefficient (Wildman–Crippen LogP) is 2.31. The topological polar surface area (TPSA) is 115 Å². The summed E-state index contributed by atoms with van der Waals surface area (Å²) in [5, 5.41) is 14.5. The van der Waals surface area contributed by atoms with Gasteiger partial charge in [0.05, 0.1) is 26.3 Å². The molecule has 0 bridgehead atoms. The van der Waals surface area contributed by atoms with Crippen molar-refractivity contribution in [1.82, 2.24) is 14.9 Å². The Morgan fingerprint density at radius 1 is 1.09 bits per heavy atom. The number of methoxy groups -OCH3 is 3. The highest BCUT2D eigenvalue weighted by Crippen LogP contribution is 2.40. The minimum Gasteiger partial charge on any atom is -0.493 e. The van der Waals surface area contributed by atoms with E-state index < -0.39 is 4.92 Å². The summed E-state index contributed by atoms with van der Waals surface area (Å²) in [5.74, 6) is 2.70. The predicted molar refractivity (Wildman–Crippen MR) is 119 cm³/mol. The summed E-state index contributed by atoms with van der Waals surface area (Å²) in [6.07, 6.45) is 3.32. The van der Waals surface area contributed by atoms with E-state index in [9.17, 15) is 10.1 Å². The van der Waals surface area contributed by atoms with Crippen LogP contribution in [-0.4, -0.2) is 73.3 Å². The van der Waals surface area contributed by atoms with Crippen molar-refractivity contribution in [2.24, 2.45) is 0 Å². The molecule has 1 aliphatic carbocycles. The van der Waals surface area contributed by atoms with Gasteiger partial charge in [-0.25, -0.2) is 4.98 Å². The van der Waals surface area contributed by atoms with Crippen LogP contribution in [-0.2, 0) is 6.54 Å². The van der Waals surface area contributed by atoms with E-state index in [0.29, 0.717) is 35.6 Å². The molecular formula is C21H28N6O5. The quantitative estimate of drug-likeness (QED) is 0.456. The molecule has 1 N–H and O–H groups in total. The summed E-state index contributed by atoms with van der Waals surface area (Å²) in [5.41, 5.74) is 0.931. The van der Waals surface area contributed by atoms with Gasteiger partial charge < -0.3 is 24.4 Å². The van der Waals surface area contributed by atoms with Gasteiger partial charge in [0.25, 0.3) is 0 Å². The van der Waals surface area contributed by atoms with Crippen molar-refractivity contribution in [3.8, 4) is 17.2 Å². The third-order valence-electron chi connectivity index (χ3n) is 5.71. The molecule has 0 amide bonds. The Balaban J connectivity index is 1.43. The van der Waals surface area contributed by atoms with Crippen molar-refractivity contribution in [1.29, 1.82) is 0 Å². The lowest BCUT2D eigenvalue weighted by atomic mass is 10.1. The Morgan fingerprint density at radius 3 is 2.41 bits per heavy atom. The molecule has 2 aromatic rings. The number of nitrogens with one attached hydrogen (secondary N) is 1. The monoisotopic (exact) mass is 444 g/mol. The first-order chi connectivity index (χ1) is 15.5. The lowest BCUT2D eigenvalue weighted by Crippen LogP contribution is -2.46. The fraction of sp³-hybridized carbons (Fsp3) is 0.524. The Kier molecular flexibility index (Phi) is 6.45. The lowest BCUT2D eigenvalue weighted by Gasteiger charge is -2.35. The molecule has 1 saturated carbocycles. The third-order valence-corrected chi connectivity index (χ3v) is 5.71. The van der Waals surface area contributed by atoms with E-state index in [-0.39, 0.29) is 11.7 Å². The summed E-state index contributed by atoms with van der Waals surface area (Å²) in [7, 11) is 4.82. The van der Waals surface area contributed by atoms with Crippen molar-refractivity contribution < 1.29 is 19.1 Å². The molecule has 1 aromatic carbocycles. The van der Waals surface area contributed by atoms with Gasteiger partial charge in [0.15, 0.2) is 11.5 Å². The molecule has 0 atom stereocenters. The van der Waals surface area contributed by atoms with Gasteiger partial charge >= 0.3 is 5.69 Å². The maximum atomic E-state index is 11.3. The maximum Gasteiger partial charge on any atom is 0.329 e. The Labute approximate surface area is 186 Å². The van der Waals surface area contributed by atoms with E-state index in [4.69, 9.17) is 14.2 Å². The SMILES string of the molecule is COc1ccc(CN2CCN(c3ncc([N+](=O)[O-])c(NC4CC4)n3)CC2)c(OC)c1OC. The van der Waals surface area contributed by atoms with E-state index in [1.807, 2.05) is 12.1 Å². The van der Waals surface area contributed by atoms with Crippen LogP contribution < -0.4 is 24.4 Å². The second kappa shape index (κ2) is 9.43. The first-order valence-corrected chi connectivity index (χ1v) is 10.6. The molecule has 2 aliphatic rings. The fourth-order valence-corrected chi connectivity index (χ4v) is 3.81. The van der Waals surface area contributed by atoms with Gasteiger partial charge in [-0.2, -0.15) is 4.98 Å². The van der Waals surface area contributed by atoms with Gasteiger partial charge in [-0.05, 0) is 18.9 Å². The first kappa shape index (κ1) is 21.9. The minimum atomic E-state index is -0.442. The van der Waals surface area contributed by atoms with Crippen LogP contribution >= 0.6 is 0 Å². The van der Waals surface area contributed by atoms with Crippen LogP contribution in [0.1, 0.15) is 18.4 Å². The average Bonchev–Trinajstić information content (AvgIpc) is 3.63. The van der Waals surface area contributed by atoms with Gasteiger partial charge in [0, 0.05) is 44.3 Å². The molecule has 172 valence electrons. The van der Waals surface area contributed by atoms with Gasteiger partial charge in [0.2, 0.25) is 17.5 Å². The summed E-state index contributed by atoms with van der Waals surface area (Å²) >= 11 is 0. The summed E-state index contributed by atoms with van der Waals surface area (Å²) in [6.45, 7) is 3.73. The van der Waals surface area contributed by atoms with Crippen LogP contribution in [0.3, 0.4) is 0 Å². The molecule has 11 nitrogen and oxygen atoms in total. The molecule has 11 heteroatoms. The van der Waals surface area contributed by atoms with Crippen molar-refractivity contribution in [3.05, 3.63) is 34.0 Å². The first-order valence-electron chi connectivity index (χ1n) is 10.6. The van der Waals surface area contributed by atoms with Gasteiger partial charge in [-0.1, -0.05) is 6.07 Å². The lowest BCUT2D eigenvalue weighted by molar-refractivity contribution is -0.384. The van der Waals surface area contributed by atoms with Crippen molar-refractivity contribution >= 4 is 17.5 Å². The Morgan fingerprint density at radius 2 is 1.81 bits per heavy atom. The standard InChI is InChI=1S/C21H28N6O5/c1-30-17-7-4-14(18(31-2)19(17)32-3)13-25-8-10-26(11-9-25)21-22-12-16(27(28)29)20(24-21)23-15-5-6-15/h4,7,12,15H,5-6,8-11,13H2,1-3H3,(H,22,23,24). The Bertz CT molecular complexity index is 975. The number of rotatable bonds is 9. The number of benzene rings is 1. The zero-order chi connectivity index (χ0) is 22.7. The van der Waals surface area contributed by atoms with E-state index in [2.05, 4.69) is 25.1 Å². The zero-order valence-electron chi connectivity index (χ0n) is 18.5. The normalized spacial score (nSPS) is 16.5. The number of nitrogens with zero attached hydrogens (tertiary/aromatic N) is 5. The molecule has 1 saturated heterocycles. The van der Waals surface area contributed by atoms with Crippen LogP contribution in [0.15, 0.2) is 18.3 Å². The molecular weight excluding hydrogens is 416 g/mol. The number of hydrogen-bond acceptors (Lipinski definition) is 10. The molecule has 1 aromatic heterocycles. The second-order valence-corrected chi connectivity index (χ2v) is 7.84.